The van der Waals surface area contributed by atoms with Gasteiger partial charge in [-0.1, -0.05) is 6.92 Å². The van der Waals surface area contributed by atoms with E-state index in [1.54, 1.807) is 4.68 Å². The van der Waals surface area contributed by atoms with E-state index in [1.165, 1.54) is 0 Å². The number of aromatic nitrogens is 2. The number of aliphatic hydroxyl groups is 1. The van der Waals surface area contributed by atoms with Crippen molar-refractivity contribution in [3.05, 3.63) is 17.5 Å². The van der Waals surface area contributed by atoms with E-state index in [9.17, 15) is 9.50 Å². The van der Waals surface area contributed by atoms with Crippen LogP contribution in [0.1, 0.15) is 24.6 Å². The average molecular weight is 241 g/mol. The van der Waals surface area contributed by atoms with Gasteiger partial charge < -0.3 is 5.11 Å². The molecule has 0 unspecified atom stereocenters. The van der Waals surface area contributed by atoms with Gasteiger partial charge in [-0.25, -0.2) is 4.39 Å². The van der Waals surface area contributed by atoms with Gasteiger partial charge in [-0.15, -0.1) is 0 Å². The third-order valence-corrected chi connectivity index (χ3v) is 3.39. The summed E-state index contributed by atoms with van der Waals surface area (Å²) in [5.41, 5.74) is 2.20. The first kappa shape index (κ1) is 12.5. The van der Waals surface area contributed by atoms with Gasteiger partial charge in [-0.2, -0.15) is 5.10 Å². The molecule has 0 bridgehead atoms. The minimum Gasteiger partial charge on any atom is -0.395 e. The smallest absolute Gasteiger partial charge is 0.114 e. The highest BCUT2D eigenvalue weighted by molar-refractivity contribution is 5.17. The Morgan fingerprint density at radius 2 is 2.35 bits per heavy atom. The number of halogens is 1. The molecule has 1 saturated heterocycles. The molecule has 0 aliphatic carbocycles. The van der Waals surface area contributed by atoms with Gasteiger partial charge >= 0.3 is 0 Å². The minimum absolute atomic E-state index is 0.0299. The van der Waals surface area contributed by atoms with E-state index >= 15 is 0 Å². The Bertz CT molecular complexity index is 380. The van der Waals surface area contributed by atoms with Crippen LogP contribution < -0.4 is 0 Å². The van der Waals surface area contributed by atoms with Crippen molar-refractivity contribution in [1.29, 1.82) is 0 Å². The predicted molar refractivity (Wildman–Crippen MR) is 63.4 cm³/mol. The number of likely N-dealkylation sites (tertiary alicyclic amines) is 1. The molecule has 5 heteroatoms. The number of hydrogen-bond acceptors (Lipinski definition) is 3. The monoisotopic (exact) mass is 241 g/mol. The molecule has 1 fully saturated rings. The summed E-state index contributed by atoms with van der Waals surface area (Å²) in [7, 11) is 1.90. The van der Waals surface area contributed by atoms with E-state index in [1.807, 2.05) is 18.1 Å². The summed E-state index contributed by atoms with van der Waals surface area (Å²) in [5.74, 6) is 0. The molecular formula is C12H20FN3O. The molecule has 0 spiro atoms. The summed E-state index contributed by atoms with van der Waals surface area (Å²) < 4.78 is 15.1. The molecule has 0 radical (unpaired) electrons. The van der Waals surface area contributed by atoms with Crippen LogP contribution in [-0.4, -0.2) is 45.2 Å². The van der Waals surface area contributed by atoms with Crippen molar-refractivity contribution in [3.8, 4) is 0 Å². The van der Waals surface area contributed by atoms with Crippen LogP contribution in [0.2, 0.25) is 0 Å². The molecule has 17 heavy (non-hydrogen) atoms. The van der Waals surface area contributed by atoms with Crippen molar-refractivity contribution in [2.75, 3.05) is 13.2 Å². The molecule has 1 aromatic rings. The highest BCUT2D eigenvalue weighted by atomic mass is 19.1. The lowest BCUT2D eigenvalue weighted by Crippen LogP contribution is -2.32. The van der Waals surface area contributed by atoms with Crippen molar-refractivity contribution in [3.63, 3.8) is 0 Å². The highest BCUT2D eigenvalue weighted by Gasteiger charge is 2.31. The SMILES string of the molecule is CCc1nn(C)cc1CN1C[C@@H](F)C[C@H]1CO. The van der Waals surface area contributed by atoms with Crippen LogP contribution in [0, 0.1) is 0 Å². The Hall–Kier alpha value is -0.940. The average Bonchev–Trinajstić information content (AvgIpc) is 2.82. The molecule has 2 heterocycles. The van der Waals surface area contributed by atoms with Crippen LogP contribution in [0.3, 0.4) is 0 Å². The van der Waals surface area contributed by atoms with Gasteiger partial charge in [-0.3, -0.25) is 9.58 Å². The van der Waals surface area contributed by atoms with E-state index in [0.717, 1.165) is 17.7 Å². The fourth-order valence-electron chi connectivity index (χ4n) is 2.54. The molecule has 4 nitrogen and oxygen atoms in total. The largest absolute Gasteiger partial charge is 0.395 e. The maximum absolute atomic E-state index is 13.3. The first-order valence-corrected chi connectivity index (χ1v) is 6.14. The first-order valence-electron chi connectivity index (χ1n) is 6.14. The second-order valence-corrected chi connectivity index (χ2v) is 4.73. The maximum atomic E-state index is 13.3. The molecule has 0 saturated carbocycles. The van der Waals surface area contributed by atoms with Crippen LogP contribution in [0.5, 0.6) is 0 Å². The molecule has 1 aromatic heterocycles. The van der Waals surface area contributed by atoms with Gasteiger partial charge in [0.2, 0.25) is 0 Å². The lowest BCUT2D eigenvalue weighted by molar-refractivity contribution is 0.153. The van der Waals surface area contributed by atoms with Gasteiger partial charge in [-0.05, 0) is 12.8 Å². The zero-order valence-corrected chi connectivity index (χ0v) is 10.4. The summed E-state index contributed by atoms with van der Waals surface area (Å²) in [6.45, 7) is 3.20. The zero-order valence-electron chi connectivity index (χ0n) is 10.4. The third kappa shape index (κ3) is 2.66. The van der Waals surface area contributed by atoms with Crippen molar-refractivity contribution in [2.45, 2.75) is 38.5 Å². The van der Waals surface area contributed by atoms with Gasteiger partial charge in [0.05, 0.1) is 12.3 Å². The topological polar surface area (TPSA) is 41.3 Å². The molecular weight excluding hydrogens is 221 g/mol. The molecule has 1 N–H and O–H groups in total. The number of nitrogens with zero attached hydrogens (tertiary/aromatic N) is 3. The molecule has 96 valence electrons. The van der Waals surface area contributed by atoms with E-state index in [4.69, 9.17) is 0 Å². The molecule has 2 rings (SSSR count). The molecule has 0 aromatic carbocycles. The molecule has 2 atom stereocenters. The Labute approximate surface area is 101 Å². The highest BCUT2D eigenvalue weighted by Crippen LogP contribution is 2.23. The summed E-state index contributed by atoms with van der Waals surface area (Å²) >= 11 is 0. The Balaban J connectivity index is 2.09. The summed E-state index contributed by atoms with van der Waals surface area (Å²) in [5, 5.41) is 13.6. The lowest BCUT2D eigenvalue weighted by atomic mass is 10.2. The van der Waals surface area contributed by atoms with Crippen molar-refractivity contribution in [2.24, 2.45) is 7.05 Å². The van der Waals surface area contributed by atoms with Gasteiger partial charge in [0, 0.05) is 37.9 Å². The predicted octanol–water partition coefficient (Wildman–Crippen LogP) is 0.887. The quantitative estimate of drug-likeness (QED) is 0.851. The Morgan fingerprint density at radius 3 is 3.00 bits per heavy atom. The lowest BCUT2D eigenvalue weighted by Gasteiger charge is -2.21. The van der Waals surface area contributed by atoms with Gasteiger partial charge in [0.25, 0.3) is 0 Å². The number of aryl methyl sites for hydroxylation is 2. The Morgan fingerprint density at radius 1 is 1.59 bits per heavy atom. The Kier molecular flexibility index (Phi) is 3.79. The summed E-state index contributed by atoms with van der Waals surface area (Å²) in [4.78, 5) is 2.01. The van der Waals surface area contributed by atoms with Crippen LogP contribution in [0.25, 0.3) is 0 Å². The number of alkyl halides is 1. The second kappa shape index (κ2) is 5.14. The standard InChI is InChI=1S/C12H20FN3O/c1-3-12-9(5-15(2)14-12)6-16-7-10(13)4-11(16)8-17/h5,10-11,17H,3-4,6-8H2,1-2H3/t10-,11-/m0/s1. The van der Waals surface area contributed by atoms with Crippen LogP contribution in [-0.2, 0) is 20.0 Å². The van der Waals surface area contributed by atoms with Gasteiger partial charge in [0.1, 0.15) is 6.17 Å². The van der Waals surface area contributed by atoms with Crippen LogP contribution in [0.4, 0.5) is 4.39 Å². The van der Waals surface area contributed by atoms with E-state index in [2.05, 4.69) is 12.0 Å². The maximum Gasteiger partial charge on any atom is 0.114 e. The van der Waals surface area contributed by atoms with Crippen molar-refractivity contribution >= 4 is 0 Å². The van der Waals surface area contributed by atoms with Crippen LogP contribution in [0.15, 0.2) is 6.20 Å². The summed E-state index contributed by atoms with van der Waals surface area (Å²) in [6, 6.07) is -0.0464. The normalized spacial score (nSPS) is 25.6. The van der Waals surface area contributed by atoms with E-state index < -0.39 is 6.17 Å². The molecule has 1 aliphatic heterocycles. The number of hydrogen-bond donors (Lipinski definition) is 1. The summed E-state index contributed by atoms with van der Waals surface area (Å²) in [6.07, 6.45) is 2.50. The molecule has 1 aliphatic rings. The van der Waals surface area contributed by atoms with Gasteiger partial charge in [0.15, 0.2) is 0 Å². The fraction of sp³-hybridized carbons (Fsp3) is 0.750. The third-order valence-electron chi connectivity index (χ3n) is 3.39. The minimum atomic E-state index is -0.811. The number of aliphatic hydroxyl groups excluding tert-OH is 1. The van der Waals surface area contributed by atoms with E-state index in [-0.39, 0.29) is 12.6 Å². The van der Waals surface area contributed by atoms with E-state index in [0.29, 0.717) is 19.5 Å². The first-order chi connectivity index (χ1) is 8.13. The fourth-order valence-corrected chi connectivity index (χ4v) is 2.54. The second-order valence-electron chi connectivity index (χ2n) is 4.73. The zero-order chi connectivity index (χ0) is 12.4. The van der Waals surface area contributed by atoms with Crippen molar-refractivity contribution < 1.29 is 9.50 Å². The van der Waals surface area contributed by atoms with Crippen molar-refractivity contribution in [1.82, 2.24) is 14.7 Å². The van der Waals surface area contributed by atoms with Crippen LogP contribution >= 0.6 is 0 Å². The number of rotatable bonds is 4. The molecule has 0 amide bonds.